The topological polar surface area (TPSA) is 79.3 Å². The standard InChI is InChI=1S/C12H16N2O3S/c1-8-3-10(5-13-4-8)6-18-7-11(12(16)17)14-9(2)15/h3-5,11H,6-7H2,1-2H3,(H,14,15)(H,16,17)/t11-/m0/s1. The van der Waals surface area contributed by atoms with Crippen LogP contribution in [-0.4, -0.2) is 33.8 Å². The van der Waals surface area contributed by atoms with Crippen molar-refractivity contribution < 1.29 is 14.7 Å². The van der Waals surface area contributed by atoms with E-state index < -0.39 is 12.0 Å². The number of nitrogens with zero attached hydrogens (tertiary/aromatic N) is 1. The lowest BCUT2D eigenvalue weighted by atomic mass is 10.2. The van der Waals surface area contributed by atoms with Gasteiger partial charge in [0.2, 0.25) is 5.91 Å². The first-order valence-corrected chi connectivity index (χ1v) is 6.62. The number of nitrogens with one attached hydrogen (secondary N) is 1. The molecule has 0 spiro atoms. The van der Waals surface area contributed by atoms with E-state index in [1.807, 2.05) is 13.0 Å². The van der Waals surface area contributed by atoms with Crippen LogP contribution in [-0.2, 0) is 15.3 Å². The molecule has 0 saturated heterocycles. The Hall–Kier alpha value is -1.56. The summed E-state index contributed by atoms with van der Waals surface area (Å²) in [5.74, 6) is -0.332. The number of carboxylic acid groups (broad SMARTS) is 1. The van der Waals surface area contributed by atoms with Crippen molar-refractivity contribution >= 4 is 23.6 Å². The molecule has 2 N–H and O–H groups in total. The number of carbonyl (C=O) groups excluding carboxylic acids is 1. The lowest BCUT2D eigenvalue weighted by Gasteiger charge is -2.12. The molecule has 1 aromatic heterocycles. The number of aliphatic carboxylic acids is 1. The first kappa shape index (κ1) is 14.5. The van der Waals surface area contributed by atoms with Gasteiger partial charge in [0.25, 0.3) is 0 Å². The number of carbonyl (C=O) groups is 2. The van der Waals surface area contributed by atoms with Crippen LogP contribution in [0.2, 0.25) is 0 Å². The molecule has 6 heteroatoms. The summed E-state index contributed by atoms with van der Waals surface area (Å²) < 4.78 is 0. The second-order valence-electron chi connectivity index (χ2n) is 3.98. The molecule has 1 atom stereocenters. The number of aryl methyl sites for hydroxylation is 1. The van der Waals surface area contributed by atoms with Gasteiger partial charge in [-0.25, -0.2) is 4.79 Å². The van der Waals surface area contributed by atoms with Gasteiger partial charge in [0.1, 0.15) is 6.04 Å². The zero-order valence-electron chi connectivity index (χ0n) is 10.3. The third-order valence-corrected chi connectivity index (χ3v) is 3.27. The Bertz CT molecular complexity index is 437. The number of hydrogen-bond donors (Lipinski definition) is 2. The molecular weight excluding hydrogens is 252 g/mol. The number of aromatic nitrogens is 1. The summed E-state index contributed by atoms with van der Waals surface area (Å²) in [6, 6.07) is 1.17. The van der Waals surface area contributed by atoms with Crippen LogP contribution < -0.4 is 5.32 Å². The van der Waals surface area contributed by atoms with Crippen molar-refractivity contribution in [3.05, 3.63) is 29.6 Å². The number of hydrogen-bond acceptors (Lipinski definition) is 4. The number of amides is 1. The molecule has 1 aromatic rings. The van der Waals surface area contributed by atoms with Gasteiger partial charge in [-0.3, -0.25) is 9.78 Å². The molecule has 1 heterocycles. The van der Waals surface area contributed by atoms with E-state index >= 15 is 0 Å². The highest BCUT2D eigenvalue weighted by atomic mass is 32.2. The number of rotatable bonds is 6. The Morgan fingerprint density at radius 1 is 1.50 bits per heavy atom. The van der Waals surface area contributed by atoms with Gasteiger partial charge in [0, 0.05) is 30.8 Å². The van der Waals surface area contributed by atoms with Crippen LogP contribution in [0.4, 0.5) is 0 Å². The molecule has 0 aliphatic rings. The minimum atomic E-state index is -1.01. The number of pyridine rings is 1. The van der Waals surface area contributed by atoms with Gasteiger partial charge < -0.3 is 10.4 Å². The van der Waals surface area contributed by atoms with Crippen LogP contribution in [0.25, 0.3) is 0 Å². The molecule has 18 heavy (non-hydrogen) atoms. The Morgan fingerprint density at radius 2 is 2.22 bits per heavy atom. The zero-order valence-corrected chi connectivity index (χ0v) is 11.2. The molecule has 1 amide bonds. The van der Waals surface area contributed by atoms with Crippen LogP contribution in [0.15, 0.2) is 18.5 Å². The highest BCUT2D eigenvalue weighted by Gasteiger charge is 2.17. The Morgan fingerprint density at radius 3 is 2.78 bits per heavy atom. The monoisotopic (exact) mass is 268 g/mol. The predicted octanol–water partition coefficient (Wildman–Crippen LogP) is 1.21. The molecule has 5 nitrogen and oxygen atoms in total. The quantitative estimate of drug-likeness (QED) is 0.810. The highest BCUT2D eigenvalue weighted by Crippen LogP contribution is 2.13. The molecule has 1 rings (SSSR count). The Kier molecular flexibility index (Phi) is 5.64. The largest absolute Gasteiger partial charge is 0.480 e. The molecule has 0 radical (unpaired) electrons. The summed E-state index contributed by atoms with van der Waals surface area (Å²) in [5.41, 5.74) is 2.12. The number of thioether (sulfide) groups is 1. The summed E-state index contributed by atoms with van der Waals surface area (Å²) in [5, 5.41) is 11.3. The minimum Gasteiger partial charge on any atom is -0.480 e. The van der Waals surface area contributed by atoms with E-state index in [9.17, 15) is 9.59 Å². The molecule has 0 saturated carbocycles. The molecule has 0 aliphatic carbocycles. The molecular formula is C12H16N2O3S. The fraction of sp³-hybridized carbons (Fsp3) is 0.417. The van der Waals surface area contributed by atoms with Gasteiger partial charge in [-0.05, 0) is 18.1 Å². The molecule has 0 fully saturated rings. The summed E-state index contributed by atoms with van der Waals surface area (Å²) >= 11 is 1.46. The van der Waals surface area contributed by atoms with Crippen molar-refractivity contribution in [1.29, 1.82) is 0 Å². The SMILES string of the molecule is CC(=O)N[C@@H](CSCc1cncc(C)c1)C(=O)O. The van der Waals surface area contributed by atoms with E-state index in [1.54, 1.807) is 12.4 Å². The second-order valence-corrected chi connectivity index (χ2v) is 5.01. The van der Waals surface area contributed by atoms with Crippen LogP contribution >= 0.6 is 11.8 Å². The predicted molar refractivity (Wildman–Crippen MR) is 70.4 cm³/mol. The van der Waals surface area contributed by atoms with Crippen molar-refractivity contribution in [3.63, 3.8) is 0 Å². The highest BCUT2D eigenvalue weighted by molar-refractivity contribution is 7.98. The van der Waals surface area contributed by atoms with Gasteiger partial charge in [-0.1, -0.05) is 6.07 Å². The second kappa shape index (κ2) is 7.00. The first-order chi connectivity index (χ1) is 8.49. The van der Waals surface area contributed by atoms with Gasteiger partial charge in [-0.2, -0.15) is 11.8 Å². The van der Waals surface area contributed by atoms with Gasteiger partial charge in [-0.15, -0.1) is 0 Å². The van der Waals surface area contributed by atoms with Gasteiger partial charge in [0.05, 0.1) is 0 Å². The van der Waals surface area contributed by atoms with Crippen molar-refractivity contribution in [2.75, 3.05) is 5.75 Å². The van der Waals surface area contributed by atoms with Crippen molar-refractivity contribution in [3.8, 4) is 0 Å². The minimum absolute atomic E-state index is 0.333. The number of carboxylic acids is 1. The maximum absolute atomic E-state index is 10.9. The zero-order chi connectivity index (χ0) is 13.5. The smallest absolute Gasteiger partial charge is 0.327 e. The third-order valence-electron chi connectivity index (χ3n) is 2.16. The van der Waals surface area contributed by atoms with E-state index in [1.165, 1.54) is 18.7 Å². The molecule has 0 bridgehead atoms. The maximum Gasteiger partial charge on any atom is 0.327 e. The lowest BCUT2D eigenvalue weighted by Crippen LogP contribution is -2.41. The summed E-state index contributed by atoms with van der Waals surface area (Å²) in [6.07, 6.45) is 3.53. The van der Waals surface area contributed by atoms with Crippen LogP contribution in [0.5, 0.6) is 0 Å². The van der Waals surface area contributed by atoms with E-state index in [4.69, 9.17) is 5.11 Å². The normalized spacial score (nSPS) is 11.9. The van der Waals surface area contributed by atoms with E-state index in [-0.39, 0.29) is 5.91 Å². The lowest BCUT2D eigenvalue weighted by molar-refractivity contribution is -0.140. The molecule has 0 unspecified atom stereocenters. The van der Waals surface area contributed by atoms with Gasteiger partial charge >= 0.3 is 5.97 Å². The maximum atomic E-state index is 10.9. The van der Waals surface area contributed by atoms with Gasteiger partial charge in [0.15, 0.2) is 0 Å². The summed E-state index contributed by atoms with van der Waals surface area (Å²) in [6.45, 7) is 3.27. The van der Waals surface area contributed by atoms with Crippen molar-refractivity contribution in [2.45, 2.75) is 25.6 Å². The third kappa shape index (κ3) is 5.18. The molecule has 0 aromatic carbocycles. The van der Waals surface area contributed by atoms with Crippen LogP contribution in [0.3, 0.4) is 0 Å². The Labute approximate surface area is 110 Å². The fourth-order valence-electron chi connectivity index (χ4n) is 1.41. The van der Waals surface area contributed by atoms with E-state index in [0.29, 0.717) is 11.5 Å². The molecule has 0 aliphatic heterocycles. The van der Waals surface area contributed by atoms with Crippen LogP contribution in [0, 0.1) is 6.92 Å². The summed E-state index contributed by atoms with van der Waals surface area (Å²) in [4.78, 5) is 25.8. The van der Waals surface area contributed by atoms with Crippen molar-refractivity contribution in [2.24, 2.45) is 0 Å². The van der Waals surface area contributed by atoms with E-state index in [2.05, 4.69) is 10.3 Å². The van der Waals surface area contributed by atoms with Crippen LogP contribution in [0.1, 0.15) is 18.1 Å². The molecule has 98 valence electrons. The Balaban J connectivity index is 2.43. The summed E-state index contributed by atoms with van der Waals surface area (Å²) in [7, 11) is 0. The average molecular weight is 268 g/mol. The fourth-order valence-corrected chi connectivity index (χ4v) is 2.38. The van der Waals surface area contributed by atoms with Crippen molar-refractivity contribution in [1.82, 2.24) is 10.3 Å². The van der Waals surface area contributed by atoms with E-state index in [0.717, 1.165) is 11.1 Å². The average Bonchev–Trinajstić information content (AvgIpc) is 2.27. The first-order valence-electron chi connectivity index (χ1n) is 5.47.